The molecule has 0 fully saturated rings. The lowest BCUT2D eigenvalue weighted by Crippen LogP contribution is -2.55. The lowest BCUT2D eigenvalue weighted by atomic mass is 9.99. The summed E-state index contributed by atoms with van der Waals surface area (Å²) in [6.07, 6.45) is -4.95. The van der Waals surface area contributed by atoms with E-state index in [-0.39, 0.29) is 6.42 Å². The van der Waals surface area contributed by atoms with Crippen LogP contribution < -0.4 is 0 Å². The molecule has 0 aromatic rings. The van der Waals surface area contributed by atoms with Gasteiger partial charge in [0.2, 0.25) is 5.79 Å². The number of esters is 1. The first-order valence-electron chi connectivity index (χ1n) is 4.84. The summed E-state index contributed by atoms with van der Waals surface area (Å²) in [6.45, 7) is 1.71. The zero-order chi connectivity index (χ0) is 12.9. The predicted octanol–water partition coefficient (Wildman–Crippen LogP) is -2.28. The van der Waals surface area contributed by atoms with Gasteiger partial charge in [0, 0.05) is 6.92 Å². The largest absolute Gasteiger partial charge is 0.460 e. The van der Waals surface area contributed by atoms with Gasteiger partial charge in [-0.15, -0.1) is 0 Å². The van der Waals surface area contributed by atoms with Crippen molar-refractivity contribution < 1.29 is 35.1 Å². The van der Waals surface area contributed by atoms with Crippen LogP contribution >= 0.6 is 0 Å². The average Bonchev–Trinajstić information content (AvgIpc) is 2.23. The maximum Gasteiger partial charge on any atom is 0.302 e. The van der Waals surface area contributed by atoms with E-state index >= 15 is 0 Å². The van der Waals surface area contributed by atoms with Crippen molar-refractivity contribution >= 4 is 5.97 Å². The highest BCUT2D eigenvalue weighted by Crippen LogP contribution is 2.15. The van der Waals surface area contributed by atoms with Crippen LogP contribution in [0.1, 0.15) is 20.3 Å². The Kier molecular flexibility index (Phi) is 5.84. The van der Waals surface area contributed by atoms with Crippen LogP contribution in [0.5, 0.6) is 0 Å². The fourth-order valence-electron chi connectivity index (χ4n) is 1.02. The highest BCUT2D eigenvalue weighted by molar-refractivity contribution is 5.65. The van der Waals surface area contributed by atoms with E-state index in [0.29, 0.717) is 0 Å². The van der Waals surface area contributed by atoms with Gasteiger partial charge >= 0.3 is 5.97 Å². The van der Waals surface area contributed by atoms with Gasteiger partial charge in [-0.3, -0.25) is 4.79 Å². The second kappa shape index (κ2) is 6.12. The van der Waals surface area contributed by atoms with Gasteiger partial charge in [0.25, 0.3) is 0 Å². The van der Waals surface area contributed by atoms with Crippen LogP contribution in [0, 0.1) is 0 Å². The van der Waals surface area contributed by atoms with Crippen molar-refractivity contribution in [3.05, 3.63) is 0 Å². The molecule has 0 aliphatic carbocycles. The Bertz CT molecular complexity index is 228. The first-order chi connectivity index (χ1) is 7.22. The first-order valence-corrected chi connectivity index (χ1v) is 4.84. The van der Waals surface area contributed by atoms with Gasteiger partial charge in [0.15, 0.2) is 0 Å². The van der Waals surface area contributed by atoms with Crippen molar-refractivity contribution in [2.75, 3.05) is 6.61 Å². The lowest BCUT2D eigenvalue weighted by Gasteiger charge is -2.31. The molecule has 0 aromatic heterocycles. The second-order valence-corrected chi connectivity index (χ2v) is 3.57. The van der Waals surface area contributed by atoms with Gasteiger partial charge in [-0.2, -0.15) is 0 Å². The van der Waals surface area contributed by atoms with Crippen molar-refractivity contribution in [2.45, 2.75) is 44.4 Å². The van der Waals surface area contributed by atoms with E-state index in [1.807, 2.05) is 0 Å². The number of carbonyl (C=O) groups excluding carboxylic acids is 1. The SMILES string of the molecule is CCC(O)C(O)[C@@H](O)C(O)(O)COC(C)=O. The first kappa shape index (κ1) is 15.3. The van der Waals surface area contributed by atoms with E-state index in [1.165, 1.54) is 0 Å². The standard InChI is InChI=1S/C9H18O7/c1-3-6(11)7(12)8(13)9(14,15)4-16-5(2)10/h6-8,11-15H,3-4H2,1-2H3/t6?,7?,8-/m1/s1. The fourth-order valence-corrected chi connectivity index (χ4v) is 1.02. The summed E-state index contributed by atoms with van der Waals surface area (Å²) in [6, 6.07) is 0. The molecule has 0 aliphatic rings. The van der Waals surface area contributed by atoms with Crippen LogP contribution in [-0.2, 0) is 9.53 Å². The van der Waals surface area contributed by atoms with Gasteiger partial charge in [-0.1, -0.05) is 6.92 Å². The van der Waals surface area contributed by atoms with Crippen LogP contribution in [-0.4, -0.2) is 62.2 Å². The summed E-state index contributed by atoms with van der Waals surface area (Å²) in [5.74, 6) is -3.56. The minimum Gasteiger partial charge on any atom is -0.460 e. The summed E-state index contributed by atoms with van der Waals surface area (Å²) >= 11 is 0. The summed E-state index contributed by atoms with van der Waals surface area (Å²) in [5, 5.41) is 46.5. The third-order valence-corrected chi connectivity index (χ3v) is 2.10. The third kappa shape index (κ3) is 4.42. The van der Waals surface area contributed by atoms with E-state index in [4.69, 9.17) is 0 Å². The van der Waals surface area contributed by atoms with Crippen LogP contribution in [0.3, 0.4) is 0 Å². The number of rotatable bonds is 6. The van der Waals surface area contributed by atoms with Crippen LogP contribution in [0.2, 0.25) is 0 Å². The summed E-state index contributed by atoms with van der Waals surface area (Å²) in [4.78, 5) is 10.4. The maximum atomic E-state index is 10.4. The zero-order valence-electron chi connectivity index (χ0n) is 9.20. The lowest BCUT2D eigenvalue weighted by molar-refractivity contribution is -0.274. The molecule has 3 atom stereocenters. The van der Waals surface area contributed by atoms with Crippen LogP contribution in [0.15, 0.2) is 0 Å². The molecular weight excluding hydrogens is 220 g/mol. The molecule has 96 valence electrons. The molecule has 7 heteroatoms. The Morgan fingerprint density at radius 3 is 2.19 bits per heavy atom. The molecule has 0 amide bonds. The highest BCUT2D eigenvalue weighted by Gasteiger charge is 2.41. The molecule has 0 radical (unpaired) electrons. The predicted molar refractivity (Wildman–Crippen MR) is 52.1 cm³/mol. The van der Waals surface area contributed by atoms with Crippen molar-refractivity contribution in [1.29, 1.82) is 0 Å². The van der Waals surface area contributed by atoms with Crippen molar-refractivity contribution in [3.63, 3.8) is 0 Å². The normalized spacial score (nSPS) is 17.7. The van der Waals surface area contributed by atoms with Crippen LogP contribution in [0.25, 0.3) is 0 Å². The topological polar surface area (TPSA) is 127 Å². The maximum absolute atomic E-state index is 10.4. The third-order valence-electron chi connectivity index (χ3n) is 2.10. The minimum absolute atomic E-state index is 0.127. The van der Waals surface area contributed by atoms with E-state index < -0.39 is 36.7 Å². The Morgan fingerprint density at radius 2 is 1.81 bits per heavy atom. The molecule has 0 saturated carbocycles. The molecule has 0 spiro atoms. The molecule has 7 nitrogen and oxygen atoms in total. The monoisotopic (exact) mass is 238 g/mol. The fraction of sp³-hybridized carbons (Fsp3) is 0.889. The number of hydrogen-bond acceptors (Lipinski definition) is 7. The average molecular weight is 238 g/mol. The number of aliphatic hydroxyl groups is 5. The molecule has 0 aliphatic heterocycles. The molecule has 0 saturated heterocycles. The number of ether oxygens (including phenoxy) is 1. The van der Waals surface area contributed by atoms with Gasteiger partial charge in [0.05, 0.1) is 6.10 Å². The molecule has 2 unspecified atom stereocenters. The number of hydrogen-bond donors (Lipinski definition) is 5. The van der Waals surface area contributed by atoms with Crippen molar-refractivity contribution in [2.24, 2.45) is 0 Å². The van der Waals surface area contributed by atoms with E-state index in [2.05, 4.69) is 4.74 Å². The Balaban J connectivity index is 4.42. The molecule has 0 rings (SSSR count). The number of carbonyl (C=O) groups is 1. The quantitative estimate of drug-likeness (QED) is 0.260. The smallest absolute Gasteiger partial charge is 0.302 e. The Morgan fingerprint density at radius 1 is 1.31 bits per heavy atom. The zero-order valence-corrected chi connectivity index (χ0v) is 9.20. The highest BCUT2D eigenvalue weighted by atomic mass is 16.6. The van der Waals surface area contributed by atoms with E-state index in [1.54, 1.807) is 6.92 Å². The molecule has 5 N–H and O–H groups in total. The minimum atomic E-state index is -2.80. The summed E-state index contributed by atoms with van der Waals surface area (Å²) in [5.41, 5.74) is 0. The van der Waals surface area contributed by atoms with Crippen molar-refractivity contribution in [3.8, 4) is 0 Å². The molecule has 0 heterocycles. The van der Waals surface area contributed by atoms with Gasteiger partial charge in [-0.25, -0.2) is 0 Å². The van der Waals surface area contributed by atoms with E-state index in [9.17, 15) is 30.3 Å². The van der Waals surface area contributed by atoms with Crippen LogP contribution in [0.4, 0.5) is 0 Å². The summed E-state index contributed by atoms with van der Waals surface area (Å²) < 4.78 is 4.30. The Hall–Kier alpha value is -0.730. The van der Waals surface area contributed by atoms with Gasteiger partial charge < -0.3 is 30.3 Å². The van der Waals surface area contributed by atoms with Crippen molar-refractivity contribution in [1.82, 2.24) is 0 Å². The summed E-state index contributed by atoms with van der Waals surface area (Å²) in [7, 11) is 0. The second-order valence-electron chi connectivity index (χ2n) is 3.57. The molecule has 0 bridgehead atoms. The molecule has 0 aromatic carbocycles. The molecular formula is C9H18O7. The Labute approximate surface area is 92.9 Å². The number of aliphatic hydroxyl groups excluding tert-OH is 3. The van der Waals surface area contributed by atoms with Gasteiger partial charge in [-0.05, 0) is 6.42 Å². The van der Waals surface area contributed by atoms with E-state index in [0.717, 1.165) is 6.92 Å². The van der Waals surface area contributed by atoms with Gasteiger partial charge in [0.1, 0.15) is 18.8 Å². The molecule has 16 heavy (non-hydrogen) atoms.